The fourth-order valence-corrected chi connectivity index (χ4v) is 3.66. The molecule has 0 spiro atoms. The third kappa shape index (κ3) is 6.24. The van der Waals surface area contributed by atoms with Gasteiger partial charge in [-0.15, -0.1) is 0 Å². The van der Waals surface area contributed by atoms with Crippen molar-refractivity contribution in [2.75, 3.05) is 6.61 Å². The fourth-order valence-electron chi connectivity index (χ4n) is 2.40. The van der Waals surface area contributed by atoms with Crippen molar-refractivity contribution in [1.82, 2.24) is 0 Å². The molecule has 1 nitrogen and oxygen atoms in total. The summed E-state index contributed by atoms with van der Waals surface area (Å²) in [5, 5.41) is 9.65. The molecule has 0 amide bonds. The minimum Gasteiger partial charge on any atom is -0.396 e. The van der Waals surface area contributed by atoms with E-state index in [1.165, 1.54) is 17.8 Å². The highest BCUT2D eigenvalue weighted by molar-refractivity contribution is 7.99. The second-order valence-electron chi connectivity index (χ2n) is 6.06. The van der Waals surface area contributed by atoms with Crippen molar-refractivity contribution >= 4 is 23.4 Å². The van der Waals surface area contributed by atoms with Crippen LogP contribution in [0.15, 0.2) is 52.3 Å². The van der Waals surface area contributed by atoms with E-state index in [4.69, 9.17) is 16.7 Å². The van der Waals surface area contributed by atoms with Crippen LogP contribution in [0.2, 0.25) is 5.02 Å². The highest BCUT2D eigenvalue weighted by Crippen LogP contribution is 2.35. The van der Waals surface area contributed by atoms with Crippen molar-refractivity contribution < 1.29 is 18.3 Å². The maximum Gasteiger partial charge on any atom is 0.416 e. The van der Waals surface area contributed by atoms with E-state index in [1.54, 1.807) is 12.1 Å². The quantitative estimate of drug-likeness (QED) is 0.587. The molecule has 2 rings (SSSR count). The molecule has 0 bridgehead atoms. The molecule has 0 aliphatic heterocycles. The van der Waals surface area contributed by atoms with Gasteiger partial charge >= 0.3 is 6.18 Å². The molecule has 0 fully saturated rings. The van der Waals surface area contributed by atoms with E-state index in [2.05, 4.69) is 0 Å². The van der Waals surface area contributed by atoms with E-state index < -0.39 is 11.7 Å². The van der Waals surface area contributed by atoms with E-state index in [-0.39, 0.29) is 12.5 Å². The van der Waals surface area contributed by atoms with Gasteiger partial charge in [0.2, 0.25) is 0 Å². The summed E-state index contributed by atoms with van der Waals surface area (Å²) in [6.07, 6.45) is -1.67. The van der Waals surface area contributed by atoms with Gasteiger partial charge in [0, 0.05) is 21.4 Å². The van der Waals surface area contributed by atoms with Crippen molar-refractivity contribution in [2.45, 2.75) is 42.2 Å². The number of hydrogen-bond donors (Lipinski definition) is 1. The predicted octanol–water partition coefficient (Wildman–Crippen LogP) is 6.46. The second-order valence-corrected chi connectivity index (χ2v) is 7.61. The minimum atomic E-state index is -4.34. The number of aryl methyl sites for hydroxylation is 1. The number of aliphatic hydroxyl groups excluding tert-OH is 1. The molecule has 25 heavy (non-hydrogen) atoms. The Hall–Kier alpha value is -1.17. The van der Waals surface area contributed by atoms with Gasteiger partial charge in [0.1, 0.15) is 0 Å². The average molecular weight is 389 g/mol. The van der Waals surface area contributed by atoms with E-state index in [0.29, 0.717) is 9.92 Å². The topological polar surface area (TPSA) is 20.2 Å². The molecule has 0 aliphatic carbocycles. The van der Waals surface area contributed by atoms with Crippen LogP contribution in [0, 0.1) is 5.92 Å². The summed E-state index contributed by atoms with van der Waals surface area (Å²) in [4.78, 5) is 1.33. The lowest BCUT2D eigenvalue weighted by Crippen LogP contribution is -2.04. The Bertz CT molecular complexity index is 703. The van der Waals surface area contributed by atoms with Crippen LogP contribution in [-0.2, 0) is 12.6 Å². The Morgan fingerprint density at radius 1 is 1.12 bits per heavy atom. The Kier molecular flexibility index (Phi) is 7.23. The first-order chi connectivity index (χ1) is 11.8. The van der Waals surface area contributed by atoms with Gasteiger partial charge in [-0.05, 0) is 61.1 Å². The third-order valence-electron chi connectivity index (χ3n) is 3.88. The van der Waals surface area contributed by atoms with Crippen LogP contribution < -0.4 is 0 Å². The first-order valence-electron chi connectivity index (χ1n) is 8.04. The molecule has 1 unspecified atom stereocenters. The van der Waals surface area contributed by atoms with Crippen molar-refractivity contribution in [2.24, 2.45) is 5.92 Å². The number of rotatable bonds is 7. The van der Waals surface area contributed by atoms with E-state index in [0.717, 1.165) is 41.9 Å². The summed E-state index contributed by atoms with van der Waals surface area (Å²) in [5.41, 5.74) is 0.360. The zero-order valence-electron chi connectivity index (χ0n) is 13.8. The van der Waals surface area contributed by atoms with Crippen LogP contribution in [0.25, 0.3) is 0 Å². The standard InChI is InChI=1S/C19H20ClF3OS/c1-13(12-24)4-2-5-14-8-9-17(11-18(14)20)25-16-7-3-6-15(10-16)19(21,22)23/h3,6-11,13,24H,2,4-5,12H2,1H3. The normalized spacial score (nSPS) is 13.0. The lowest BCUT2D eigenvalue weighted by atomic mass is 10.0. The Balaban J connectivity index is 2.03. The fraction of sp³-hybridized carbons (Fsp3) is 0.368. The summed E-state index contributed by atoms with van der Waals surface area (Å²) in [6, 6.07) is 10.8. The molecule has 0 saturated heterocycles. The smallest absolute Gasteiger partial charge is 0.396 e. The zero-order valence-corrected chi connectivity index (χ0v) is 15.4. The highest BCUT2D eigenvalue weighted by atomic mass is 35.5. The number of alkyl halides is 3. The van der Waals surface area contributed by atoms with Gasteiger partial charge in [-0.3, -0.25) is 0 Å². The number of halogens is 4. The summed E-state index contributed by atoms with van der Waals surface area (Å²) in [6.45, 7) is 2.18. The molecule has 0 saturated carbocycles. The largest absolute Gasteiger partial charge is 0.416 e. The van der Waals surface area contributed by atoms with Gasteiger partial charge in [-0.25, -0.2) is 0 Å². The molecule has 0 aliphatic rings. The Morgan fingerprint density at radius 2 is 1.84 bits per heavy atom. The molecule has 1 atom stereocenters. The van der Waals surface area contributed by atoms with Crippen molar-refractivity contribution in [3.05, 3.63) is 58.6 Å². The maximum atomic E-state index is 12.8. The minimum absolute atomic E-state index is 0.181. The van der Waals surface area contributed by atoms with E-state index in [1.807, 2.05) is 19.1 Å². The van der Waals surface area contributed by atoms with Crippen LogP contribution in [0.3, 0.4) is 0 Å². The third-order valence-corrected chi connectivity index (χ3v) is 5.21. The molecular weight excluding hydrogens is 369 g/mol. The molecular formula is C19H20ClF3OS. The molecule has 136 valence electrons. The second kappa shape index (κ2) is 8.97. The number of benzene rings is 2. The lowest BCUT2D eigenvalue weighted by molar-refractivity contribution is -0.137. The van der Waals surface area contributed by atoms with Crippen molar-refractivity contribution in [3.63, 3.8) is 0 Å². The summed E-state index contributed by atoms with van der Waals surface area (Å²) in [5.74, 6) is 0.273. The first-order valence-corrected chi connectivity index (χ1v) is 9.23. The molecule has 2 aromatic carbocycles. The summed E-state index contributed by atoms with van der Waals surface area (Å²) >= 11 is 7.56. The summed E-state index contributed by atoms with van der Waals surface area (Å²) in [7, 11) is 0. The molecule has 6 heteroatoms. The lowest BCUT2D eigenvalue weighted by Gasteiger charge is -2.11. The molecule has 1 N–H and O–H groups in total. The zero-order chi connectivity index (χ0) is 18.4. The average Bonchev–Trinajstić information content (AvgIpc) is 2.56. The summed E-state index contributed by atoms with van der Waals surface area (Å²) < 4.78 is 38.3. The number of hydrogen-bond acceptors (Lipinski definition) is 2. The van der Waals surface area contributed by atoms with Gasteiger partial charge in [0.15, 0.2) is 0 Å². The van der Waals surface area contributed by atoms with Crippen LogP contribution >= 0.6 is 23.4 Å². The van der Waals surface area contributed by atoms with Gasteiger partial charge in [-0.2, -0.15) is 13.2 Å². The monoisotopic (exact) mass is 388 g/mol. The molecule has 2 aromatic rings. The van der Waals surface area contributed by atoms with Crippen molar-refractivity contribution in [3.8, 4) is 0 Å². The van der Waals surface area contributed by atoms with Crippen LogP contribution in [0.5, 0.6) is 0 Å². The molecule has 0 aromatic heterocycles. The first kappa shape index (κ1) is 20.1. The SMILES string of the molecule is CC(CO)CCCc1ccc(Sc2cccc(C(F)(F)F)c2)cc1Cl. The molecule has 0 heterocycles. The predicted molar refractivity (Wildman–Crippen MR) is 96.2 cm³/mol. The van der Waals surface area contributed by atoms with E-state index >= 15 is 0 Å². The van der Waals surface area contributed by atoms with Gasteiger partial charge < -0.3 is 5.11 Å². The van der Waals surface area contributed by atoms with Gasteiger partial charge in [0.05, 0.1) is 5.56 Å². The molecule has 0 radical (unpaired) electrons. The van der Waals surface area contributed by atoms with Gasteiger partial charge in [-0.1, -0.05) is 42.4 Å². The van der Waals surface area contributed by atoms with Crippen LogP contribution in [0.4, 0.5) is 13.2 Å². The van der Waals surface area contributed by atoms with Crippen LogP contribution in [-0.4, -0.2) is 11.7 Å². The Labute approximate surface area is 155 Å². The maximum absolute atomic E-state index is 12.8. The van der Waals surface area contributed by atoms with Crippen LogP contribution in [0.1, 0.15) is 30.9 Å². The highest BCUT2D eigenvalue weighted by Gasteiger charge is 2.30. The number of aliphatic hydroxyl groups is 1. The van der Waals surface area contributed by atoms with E-state index in [9.17, 15) is 13.2 Å². The Morgan fingerprint density at radius 3 is 2.48 bits per heavy atom. The van der Waals surface area contributed by atoms with Gasteiger partial charge in [0.25, 0.3) is 0 Å². The van der Waals surface area contributed by atoms with Crippen molar-refractivity contribution in [1.29, 1.82) is 0 Å².